The maximum Gasteiger partial charge on any atom is 0.256 e. The number of carbonyl (C=O) groups is 8. The van der Waals surface area contributed by atoms with Gasteiger partial charge in [-0.15, -0.1) is 0 Å². The average Bonchev–Trinajstić information content (AvgIpc) is 3.29. The van der Waals surface area contributed by atoms with E-state index in [9.17, 15) is 38.4 Å². The molecule has 0 heterocycles. The van der Waals surface area contributed by atoms with Crippen LogP contribution in [0.25, 0.3) is 0 Å². The molecule has 66 heavy (non-hydrogen) atoms. The lowest BCUT2D eigenvalue weighted by Crippen LogP contribution is -2.27. The molecular formula is C50H26Cl4N4O8. The zero-order valence-corrected chi connectivity index (χ0v) is 36.5. The molecule has 2 aliphatic carbocycles. The van der Waals surface area contributed by atoms with Crippen molar-refractivity contribution in [1.82, 2.24) is 0 Å². The van der Waals surface area contributed by atoms with Gasteiger partial charge in [-0.1, -0.05) is 107 Å². The number of nitrogens with one attached hydrogen (secondary N) is 4. The molecule has 0 bridgehead atoms. The molecule has 0 aliphatic heterocycles. The lowest BCUT2D eigenvalue weighted by molar-refractivity contribution is 0.0975. The van der Waals surface area contributed by atoms with Crippen LogP contribution in [-0.2, 0) is 0 Å². The predicted octanol–water partition coefficient (Wildman–Crippen LogP) is 10.9. The molecule has 9 rings (SSSR count). The third kappa shape index (κ3) is 7.92. The van der Waals surface area contributed by atoms with E-state index in [0.717, 1.165) is 0 Å². The zero-order valence-electron chi connectivity index (χ0n) is 33.5. The third-order valence-electron chi connectivity index (χ3n) is 10.8. The van der Waals surface area contributed by atoms with Gasteiger partial charge in [0.1, 0.15) is 0 Å². The summed E-state index contributed by atoms with van der Waals surface area (Å²) in [5.74, 6) is -5.30. The summed E-state index contributed by atoms with van der Waals surface area (Å²) < 4.78 is 0. The van der Waals surface area contributed by atoms with Crippen molar-refractivity contribution >= 4 is 116 Å². The number of amides is 4. The molecule has 0 aromatic heterocycles. The van der Waals surface area contributed by atoms with E-state index in [1.165, 1.54) is 133 Å². The number of hydrogen-bond donors (Lipinski definition) is 4. The summed E-state index contributed by atoms with van der Waals surface area (Å²) in [6, 6.07) is 31.8. The molecule has 0 spiro atoms. The highest BCUT2D eigenvalue weighted by atomic mass is 35.5. The quantitative estimate of drug-likeness (QED) is 0.116. The fraction of sp³-hybridized carbons (Fsp3) is 0. The van der Waals surface area contributed by atoms with Crippen LogP contribution in [0, 0.1) is 0 Å². The SMILES string of the molecule is O=C(Nc1cccc2c1C(=O)c1cccc(NC(=O)c3ccccc3C(=O)Nc3cccc4c3C(=O)c3cccc(NC(=O)c5cc(Cl)cc(Cl)c5)c3C4=O)c1C2=O)c1cc(Cl)cc(Cl)c1. The Hall–Kier alpha value is -7.74. The fourth-order valence-electron chi connectivity index (χ4n) is 7.92. The summed E-state index contributed by atoms with van der Waals surface area (Å²) in [5, 5.41) is 11.6. The maximum absolute atomic E-state index is 14.2. The van der Waals surface area contributed by atoms with E-state index in [1.807, 2.05) is 0 Å². The Balaban J connectivity index is 0.966. The standard InChI is InChI=1S/C50H26Cl4N4O8/c51-25-17-23(18-26(52)21-25)47(63)55-35-13-3-9-31-39(35)43(59)33-11-5-15-37(41(33)45(31)61)57-49(65)29-7-1-2-8-30(29)50(66)58-38-16-6-12-34-42(38)46(62)32-10-4-14-36(40(32)44(34)60)56-48(64)24-19-27(53)22-28(54)20-24/h1-22H,(H,55,63)(H,56,64)(H,57,65)(H,58,66). The number of hydrogen-bond acceptors (Lipinski definition) is 8. The van der Waals surface area contributed by atoms with Crippen molar-refractivity contribution < 1.29 is 38.4 Å². The van der Waals surface area contributed by atoms with Gasteiger partial charge in [0.15, 0.2) is 23.1 Å². The summed E-state index contributed by atoms with van der Waals surface area (Å²) >= 11 is 24.4. The van der Waals surface area contributed by atoms with Crippen LogP contribution in [0.2, 0.25) is 20.1 Å². The van der Waals surface area contributed by atoms with Gasteiger partial charge >= 0.3 is 0 Å². The van der Waals surface area contributed by atoms with Crippen molar-refractivity contribution in [3.8, 4) is 0 Å². The van der Waals surface area contributed by atoms with Crippen LogP contribution in [0.3, 0.4) is 0 Å². The highest BCUT2D eigenvalue weighted by Crippen LogP contribution is 2.38. The number of rotatable bonds is 8. The van der Waals surface area contributed by atoms with Gasteiger partial charge in [-0.3, -0.25) is 38.4 Å². The van der Waals surface area contributed by atoms with Gasteiger partial charge in [0.25, 0.3) is 23.6 Å². The molecule has 7 aromatic rings. The van der Waals surface area contributed by atoms with Crippen LogP contribution in [0.4, 0.5) is 22.7 Å². The van der Waals surface area contributed by atoms with Crippen molar-refractivity contribution in [1.29, 1.82) is 0 Å². The van der Waals surface area contributed by atoms with Gasteiger partial charge in [0.05, 0.1) is 56.1 Å². The van der Waals surface area contributed by atoms with E-state index in [0.29, 0.717) is 0 Å². The molecule has 0 fully saturated rings. The molecule has 0 radical (unpaired) electrons. The van der Waals surface area contributed by atoms with Crippen LogP contribution in [0.1, 0.15) is 105 Å². The van der Waals surface area contributed by atoms with Crippen LogP contribution in [-0.4, -0.2) is 46.8 Å². The average molecular weight is 953 g/mol. The van der Waals surface area contributed by atoms with E-state index >= 15 is 0 Å². The summed E-state index contributed by atoms with van der Waals surface area (Å²) in [6.45, 7) is 0. The molecule has 4 N–H and O–H groups in total. The molecule has 0 saturated heterocycles. The molecule has 0 saturated carbocycles. The topological polar surface area (TPSA) is 185 Å². The molecule has 4 amide bonds. The molecular weight excluding hydrogens is 926 g/mol. The number of carbonyl (C=O) groups excluding carboxylic acids is 8. The second kappa shape index (κ2) is 17.3. The Morgan fingerprint density at radius 2 is 0.576 bits per heavy atom. The predicted molar refractivity (Wildman–Crippen MR) is 251 cm³/mol. The Labute approximate surface area is 393 Å². The normalized spacial score (nSPS) is 12.3. The van der Waals surface area contributed by atoms with Crippen molar-refractivity contribution in [2.24, 2.45) is 0 Å². The largest absolute Gasteiger partial charge is 0.321 e. The number of ketones is 4. The lowest BCUT2D eigenvalue weighted by Gasteiger charge is -2.23. The van der Waals surface area contributed by atoms with Gasteiger partial charge in [0.2, 0.25) is 0 Å². The van der Waals surface area contributed by atoms with Gasteiger partial charge in [-0.2, -0.15) is 0 Å². The minimum absolute atomic E-state index is 0.0217. The first-order chi connectivity index (χ1) is 31.7. The monoisotopic (exact) mass is 950 g/mol. The van der Waals surface area contributed by atoms with E-state index < -0.39 is 46.8 Å². The Morgan fingerprint density at radius 3 is 0.848 bits per heavy atom. The fourth-order valence-corrected chi connectivity index (χ4v) is 8.97. The van der Waals surface area contributed by atoms with Crippen LogP contribution in [0.5, 0.6) is 0 Å². The highest BCUT2D eigenvalue weighted by molar-refractivity contribution is 6.37. The van der Waals surface area contributed by atoms with Crippen molar-refractivity contribution in [2.45, 2.75) is 0 Å². The smallest absolute Gasteiger partial charge is 0.256 e. The van der Waals surface area contributed by atoms with E-state index in [-0.39, 0.29) is 110 Å². The number of fused-ring (bicyclic) bond motifs is 4. The van der Waals surface area contributed by atoms with Crippen molar-refractivity contribution in [2.75, 3.05) is 21.3 Å². The molecule has 2 aliphatic rings. The van der Waals surface area contributed by atoms with E-state index in [1.54, 1.807) is 0 Å². The highest BCUT2D eigenvalue weighted by Gasteiger charge is 2.36. The Kier molecular flexibility index (Phi) is 11.4. The van der Waals surface area contributed by atoms with Crippen molar-refractivity contribution in [3.05, 3.63) is 220 Å². The number of benzene rings is 7. The zero-order chi connectivity index (χ0) is 46.6. The molecule has 7 aromatic carbocycles. The van der Waals surface area contributed by atoms with E-state index in [2.05, 4.69) is 21.3 Å². The van der Waals surface area contributed by atoms with Crippen LogP contribution in [0.15, 0.2) is 133 Å². The summed E-state index contributed by atoms with van der Waals surface area (Å²) in [7, 11) is 0. The Morgan fingerprint density at radius 1 is 0.318 bits per heavy atom. The van der Waals surface area contributed by atoms with Crippen LogP contribution < -0.4 is 21.3 Å². The second-order valence-electron chi connectivity index (χ2n) is 14.9. The molecule has 322 valence electrons. The number of anilines is 4. The second-order valence-corrected chi connectivity index (χ2v) is 16.7. The minimum atomic E-state index is -0.814. The molecule has 0 atom stereocenters. The lowest BCUT2D eigenvalue weighted by atomic mass is 9.82. The van der Waals surface area contributed by atoms with Gasteiger partial charge in [0, 0.05) is 53.5 Å². The van der Waals surface area contributed by atoms with Gasteiger partial charge in [-0.25, -0.2) is 0 Å². The molecule has 0 unspecified atom stereocenters. The van der Waals surface area contributed by atoms with Gasteiger partial charge < -0.3 is 21.3 Å². The first kappa shape index (κ1) is 43.5. The van der Waals surface area contributed by atoms with Crippen LogP contribution >= 0.6 is 46.4 Å². The third-order valence-corrected chi connectivity index (χ3v) is 11.7. The van der Waals surface area contributed by atoms with Crippen molar-refractivity contribution in [3.63, 3.8) is 0 Å². The summed E-state index contributed by atoms with van der Waals surface area (Å²) in [6.07, 6.45) is 0. The first-order valence-electron chi connectivity index (χ1n) is 19.7. The molecule has 16 heteroatoms. The summed E-state index contributed by atoms with van der Waals surface area (Å²) in [5.41, 5.74) is -0.390. The first-order valence-corrected chi connectivity index (χ1v) is 21.2. The van der Waals surface area contributed by atoms with Gasteiger partial charge in [-0.05, 0) is 72.8 Å². The van der Waals surface area contributed by atoms with E-state index in [4.69, 9.17) is 46.4 Å². The molecule has 12 nitrogen and oxygen atoms in total. The Bertz CT molecular complexity index is 3120. The number of halogens is 4. The minimum Gasteiger partial charge on any atom is -0.321 e. The summed E-state index contributed by atoms with van der Waals surface area (Å²) in [4.78, 5) is 111. The maximum atomic E-state index is 14.2.